The van der Waals surface area contributed by atoms with Gasteiger partial charge >= 0.3 is 0 Å². The summed E-state index contributed by atoms with van der Waals surface area (Å²) in [5.74, 6) is -0.622. The zero-order chi connectivity index (χ0) is 20.7. The van der Waals surface area contributed by atoms with Gasteiger partial charge in [-0.3, -0.25) is 9.59 Å². The van der Waals surface area contributed by atoms with E-state index in [9.17, 15) is 14.7 Å². The normalized spacial score (nSPS) is 18.5. The molecule has 1 aliphatic rings. The van der Waals surface area contributed by atoms with Crippen LogP contribution in [0, 0.1) is 0 Å². The maximum atomic E-state index is 12.9. The Labute approximate surface area is 188 Å². The van der Waals surface area contributed by atoms with Gasteiger partial charge in [0.2, 0.25) is 5.91 Å². The van der Waals surface area contributed by atoms with Gasteiger partial charge in [-0.25, -0.2) is 0 Å². The van der Waals surface area contributed by atoms with E-state index in [-0.39, 0.29) is 36.3 Å². The van der Waals surface area contributed by atoms with Crippen LogP contribution in [-0.2, 0) is 11.2 Å². The van der Waals surface area contributed by atoms with Crippen LogP contribution in [0.25, 0.3) is 10.2 Å². The zero-order valence-electron chi connectivity index (χ0n) is 16.1. The summed E-state index contributed by atoms with van der Waals surface area (Å²) >= 11 is 7.38. The number of nitrogens with zero attached hydrogens (tertiary/aromatic N) is 1. The molecule has 0 aliphatic heterocycles. The average Bonchev–Trinajstić information content (AvgIpc) is 3.36. The van der Waals surface area contributed by atoms with Crippen LogP contribution >= 0.6 is 35.3 Å². The van der Waals surface area contributed by atoms with E-state index in [4.69, 9.17) is 17.3 Å². The summed E-state index contributed by atoms with van der Waals surface area (Å²) in [6.45, 7) is -0.434. The molecule has 0 radical (unpaired) electrons. The predicted octanol–water partition coefficient (Wildman–Crippen LogP) is 2.48. The zero-order valence-corrected chi connectivity index (χ0v) is 18.5. The first-order valence-corrected chi connectivity index (χ1v) is 10.4. The van der Waals surface area contributed by atoms with E-state index in [0.717, 1.165) is 21.3 Å². The van der Waals surface area contributed by atoms with Crippen molar-refractivity contribution in [3.8, 4) is 0 Å². The molecule has 5 N–H and O–H groups in total. The number of nitrogens with one attached hydrogen (secondary N) is 2. The molecule has 0 fully saturated rings. The number of aliphatic hydroxyl groups is 1. The van der Waals surface area contributed by atoms with Crippen LogP contribution in [0.5, 0.6) is 0 Å². The van der Waals surface area contributed by atoms with Gasteiger partial charge in [0, 0.05) is 12.4 Å². The van der Waals surface area contributed by atoms with Gasteiger partial charge in [-0.05, 0) is 29.7 Å². The summed E-state index contributed by atoms with van der Waals surface area (Å²) in [6.07, 6.45) is 0.597. The quantitative estimate of drug-likeness (QED) is 0.460. The molecule has 0 saturated carbocycles. The van der Waals surface area contributed by atoms with Gasteiger partial charge in [-0.15, -0.1) is 23.7 Å². The number of likely N-dealkylation sites (N-methyl/N-ethyl adjacent to an activating group) is 1. The predicted molar refractivity (Wildman–Crippen MR) is 120 cm³/mol. The number of carbonyl (C=O) groups excluding carboxylic acids is 2. The Morgan fingerprint density at radius 2 is 2.13 bits per heavy atom. The molecular weight excluding hydrogens is 447 g/mol. The number of aromatic amines is 1. The van der Waals surface area contributed by atoms with Crippen LogP contribution in [0.15, 0.2) is 36.4 Å². The van der Waals surface area contributed by atoms with Gasteiger partial charge in [-0.2, -0.15) is 0 Å². The van der Waals surface area contributed by atoms with E-state index in [0.29, 0.717) is 16.5 Å². The lowest BCUT2D eigenvalue weighted by Gasteiger charge is -2.32. The van der Waals surface area contributed by atoms with E-state index in [2.05, 4.69) is 10.3 Å². The van der Waals surface area contributed by atoms with Crippen molar-refractivity contribution >= 4 is 57.4 Å². The molecule has 30 heavy (non-hydrogen) atoms. The van der Waals surface area contributed by atoms with Crippen molar-refractivity contribution < 1.29 is 14.7 Å². The Balaban J connectivity index is 0.00000256. The molecule has 2 amide bonds. The van der Waals surface area contributed by atoms with Crippen molar-refractivity contribution in [2.24, 2.45) is 5.73 Å². The van der Waals surface area contributed by atoms with Gasteiger partial charge in [0.1, 0.15) is 16.6 Å². The Bertz CT molecular complexity index is 1050. The molecule has 10 heteroatoms. The van der Waals surface area contributed by atoms with E-state index in [1.54, 1.807) is 13.1 Å². The number of carbonyl (C=O) groups is 2. The number of rotatable bonds is 5. The third-order valence-electron chi connectivity index (χ3n) is 5.31. The SMILES string of the molecule is CN(C(=O)[C@@H](N)CO)[C@@H]1c2ccccc2C[C@H]1NC(=O)c1cc2cc(Cl)sc2[nH]1.Cl. The van der Waals surface area contributed by atoms with Gasteiger partial charge in [-0.1, -0.05) is 35.9 Å². The Morgan fingerprint density at radius 1 is 1.40 bits per heavy atom. The highest BCUT2D eigenvalue weighted by Crippen LogP contribution is 2.36. The number of hydrogen-bond acceptors (Lipinski definition) is 5. The van der Waals surface area contributed by atoms with Crippen molar-refractivity contribution in [1.29, 1.82) is 0 Å². The van der Waals surface area contributed by atoms with Crippen LogP contribution in [0.3, 0.4) is 0 Å². The van der Waals surface area contributed by atoms with Gasteiger partial charge in [0.15, 0.2) is 0 Å². The highest BCUT2D eigenvalue weighted by Gasteiger charge is 2.39. The highest BCUT2D eigenvalue weighted by atomic mass is 35.5. The number of nitrogens with two attached hydrogens (primary N) is 1. The number of aromatic nitrogens is 1. The fourth-order valence-corrected chi connectivity index (χ4v) is 5.05. The van der Waals surface area contributed by atoms with Crippen LogP contribution in [0.4, 0.5) is 0 Å². The standard InChI is InChI=1S/C20H21ClN4O3S.ClH/c1-25(20(28)13(22)9-26)17-12-5-3-2-4-10(12)6-14(17)23-18(27)15-7-11-8-16(21)29-19(11)24-15;/h2-5,7-8,13-14,17,24,26H,6,9,22H2,1H3,(H,23,27);1H/t13-,14+,17+;/m0./s1. The Hall–Kier alpha value is -2.10. The van der Waals surface area contributed by atoms with Gasteiger partial charge in [0.05, 0.1) is 23.0 Å². The fraction of sp³-hybridized carbons (Fsp3) is 0.300. The molecule has 0 bridgehead atoms. The molecule has 0 spiro atoms. The van der Waals surface area contributed by atoms with Crippen LogP contribution in [-0.4, -0.2) is 52.5 Å². The first kappa shape index (κ1) is 22.6. The minimum absolute atomic E-state index is 0. The summed E-state index contributed by atoms with van der Waals surface area (Å²) in [5, 5.41) is 13.2. The Morgan fingerprint density at radius 3 is 2.83 bits per heavy atom. The smallest absolute Gasteiger partial charge is 0.268 e. The van der Waals surface area contributed by atoms with Crippen molar-refractivity contribution in [2.75, 3.05) is 13.7 Å². The number of hydrogen-bond donors (Lipinski definition) is 4. The lowest BCUT2D eigenvalue weighted by molar-refractivity contribution is -0.134. The molecule has 7 nitrogen and oxygen atoms in total. The topological polar surface area (TPSA) is 111 Å². The van der Waals surface area contributed by atoms with Crippen LogP contribution in [0.1, 0.15) is 27.7 Å². The number of halogens is 2. The summed E-state index contributed by atoms with van der Waals surface area (Å²) in [4.78, 5) is 30.9. The highest BCUT2D eigenvalue weighted by molar-refractivity contribution is 7.22. The summed E-state index contributed by atoms with van der Waals surface area (Å²) in [6, 6.07) is 9.68. The molecule has 2 aromatic heterocycles. The summed E-state index contributed by atoms with van der Waals surface area (Å²) in [7, 11) is 1.65. The maximum Gasteiger partial charge on any atom is 0.268 e. The molecule has 2 heterocycles. The molecule has 3 atom stereocenters. The number of H-pyrrole nitrogens is 1. The van der Waals surface area contributed by atoms with E-state index < -0.39 is 12.6 Å². The second-order valence-corrected chi connectivity index (χ2v) is 8.87. The number of aliphatic hydroxyl groups excluding tert-OH is 1. The first-order chi connectivity index (χ1) is 13.9. The average molecular weight is 469 g/mol. The third kappa shape index (κ3) is 4.06. The molecule has 4 rings (SSSR count). The minimum Gasteiger partial charge on any atom is -0.394 e. The maximum absolute atomic E-state index is 12.9. The van der Waals surface area contributed by atoms with Gasteiger partial charge < -0.3 is 26.0 Å². The molecule has 1 aliphatic carbocycles. The Kier molecular flexibility index (Phi) is 6.74. The number of fused-ring (bicyclic) bond motifs is 2. The largest absolute Gasteiger partial charge is 0.394 e. The molecule has 3 aromatic rings. The van der Waals surface area contributed by atoms with E-state index >= 15 is 0 Å². The second-order valence-electron chi connectivity index (χ2n) is 7.18. The van der Waals surface area contributed by atoms with E-state index in [1.807, 2.05) is 30.3 Å². The number of amides is 2. The molecular formula is C20H22Cl2N4O3S. The second kappa shape index (κ2) is 8.95. The lowest BCUT2D eigenvalue weighted by atomic mass is 10.0. The van der Waals surface area contributed by atoms with Crippen LogP contribution in [0.2, 0.25) is 4.34 Å². The molecule has 160 valence electrons. The molecule has 0 saturated heterocycles. The number of thiophene rings is 1. The monoisotopic (exact) mass is 468 g/mol. The van der Waals surface area contributed by atoms with E-state index in [1.165, 1.54) is 16.2 Å². The first-order valence-electron chi connectivity index (χ1n) is 9.19. The fourth-order valence-electron chi connectivity index (χ4n) is 3.92. The molecule has 0 unspecified atom stereocenters. The third-order valence-corrected chi connectivity index (χ3v) is 6.51. The van der Waals surface area contributed by atoms with Crippen molar-refractivity contribution in [3.63, 3.8) is 0 Å². The van der Waals surface area contributed by atoms with Gasteiger partial charge in [0.25, 0.3) is 5.91 Å². The van der Waals surface area contributed by atoms with Crippen molar-refractivity contribution in [1.82, 2.24) is 15.2 Å². The van der Waals surface area contributed by atoms with Crippen LogP contribution < -0.4 is 11.1 Å². The minimum atomic E-state index is -0.996. The summed E-state index contributed by atoms with van der Waals surface area (Å²) < 4.78 is 0.657. The van der Waals surface area contributed by atoms with Crippen molar-refractivity contribution in [3.05, 3.63) is 57.6 Å². The van der Waals surface area contributed by atoms with Crippen molar-refractivity contribution in [2.45, 2.75) is 24.5 Å². The summed E-state index contributed by atoms with van der Waals surface area (Å²) in [5.41, 5.74) is 8.23. The number of benzene rings is 1. The molecule has 1 aromatic carbocycles. The lowest BCUT2D eigenvalue weighted by Crippen LogP contribution is -2.50.